The Labute approximate surface area is 190 Å². The normalized spacial score (nSPS) is 17.3. The van der Waals surface area contributed by atoms with Crippen molar-refractivity contribution < 1.29 is 14.3 Å². The van der Waals surface area contributed by atoms with Gasteiger partial charge < -0.3 is 19.9 Å². The highest BCUT2D eigenvalue weighted by molar-refractivity contribution is 6.31. The van der Waals surface area contributed by atoms with Crippen LogP contribution in [0.4, 0.5) is 5.69 Å². The molecule has 2 aliphatic rings. The fraction of sp³-hybridized carbons (Fsp3) is 0.208. The van der Waals surface area contributed by atoms with E-state index >= 15 is 0 Å². The highest BCUT2D eigenvalue weighted by atomic mass is 35.5. The molecule has 0 spiro atoms. The molecule has 1 N–H and O–H groups in total. The van der Waals surface area contributed by atoms with E-state index in [9.17, 15) is 9.59 Å². The fourth-order valence-electron chi connectivity index (χ4n) is 4.05. The molecular weight excluding hydrogens is 428 g/mol. The molecule has 0 radical (unpaired) electrons. The summed E-state index contributed by atoms with van der Waals surface area (Å²) in [6.45, 7) is 1.86. The summed E-state index contributed by atoms with van der Waals surface area (Å²) >= 11 is 6.18. The number of piperazine rings is 1. The number of carbonyl (C=O) groups excluding carboxylic acids is 2. The van der Waals surface area contributed by atoms with Crippen LogP contribution in [-0.2, 0) is 4.79 Å². The van der Waals surface area contributed by atoms with E-state index in [1.807, 2.05) is 24.3 Å². The minimum Gasteiger partial charge on any atom is -0.455 e. The number of pyridine rings is 1. The minimum atomic E-state index is -0.617. The molecule has 0 aliphatic carbocycles. The second kappa shape index (κ2) is 8.51. The van der Waals surface area contributed by atoms with Crippen molar-refractivity contribution >= 4 is 29.1 Å². The van der Waals surface area contributed by atoms with E-state index in [2.05, 4.69) is 10.3 Å². The van der Waals surface area contributed by atoms with Gasteiger partial charge in [0.05, 0.1) is 5.69 Å². The number of nitrogens with one attached hydrogen (secondary N) is 1. The lowest BCUT2D eigenvalue weighted by atomic mass is 10.0. The maximum atomic E-state index is 13.6. The zero-order valence-corrected chi connectivity index (χ0v) is 18.0. The Morgan fingerprint density at radius 3 is 2.44 bits per heavy atom. The van der Waals surface area contributed by atoms with Crippen molar-refractivity contribution in [2.75, 3.05) is 31.5 Å². The zero-order valence-electron chi connectivity index (χ0n) is 17.2. The summed E-state index contributed by atoms with van der Waals surface area (Å²) in [5.41, 5.74) is 2.03. The highest BCUT2D eigenvalue weighted by Crippen LogP contribution is 2.41. The number of hydrogen-bond acceptors (Lipinski definition) is 5. The maximum absolute atomic E-state index is 13.6. The van der Waals surface area contributed by atoms with Crippen molar-refractivity contribution in [1.82, 2.24) is 14.8 Å². The van der Waals surface area contributed by atoms with Gasteiger partial charge in [-0.15, -0.1) is 0 Å². The number of para-hydroxylation sites is 1. The molecule has 32 heavy (non-hydrogen) atoms. The number of anilines is 1. The SMILES string of the molecule is O=C(c1ccncc1)N1CCN(C(=O)C2Nc3cc(Cl)ccc3Oc3ccccc32)CC1. The van der Waals surface area contributed by atoms with Gasteiger partial charge in [0.15, 0.2) is 5.75 Å². The summed E-state index contributed by atoms with van der Waals surface area (Å²) in [6, 6.07) is 15.6. The summed E-state index contributed by atoms with van der Waals surface area (Å²) in [7, 11) is 0. The standard InChI is InChI=1S/C24H21ClN4O3/c25-17-5-6-21-19(15-17)27-22(18-3-1-2-4-20(18)32-21)24(31)29-13-11-28(12-14-29)23(30)16-7-9-26-10-8-16/h1-10,15,22,27H,11-14H2. The van der Waals surface area contributed by atoms with Crippen LogP contribution in [0.25, 0.3) is 0 Å². The number of fused-ring (bicyclic) bond motifs is 2. The predicted octanol–water partition coefficient (Wildman–Crippen LogP) is 3.98. The molecule has 3 heterocycles. The topological polar surface area (TPSA) is 74.8 Å². The van der Waals surface area contributed by atoms with Gasteiger partial charge in [0.2, 0.25) is 5.91 Å². The van der Waals surface area contributed by atoms with Crippen LogP contribution in [0.15, 0.2) is 67.0 Å². The Hall–Kier alpha value is -3.58. The molecule has 8 heteroatoms. The Morgan fingerprint density at radius 1 is 0.938 bits per heavy atom. The molecule has 2 amide bonds. The first-order valence-electron chi connectivity index (χ1n) is 10.4. The number of ether oxygens (including phenoxy) is 1. The summed E-state index contributed by atoms with van der Waals surface area (Å²) in [6.07, 6.45) is 3.21. The second-order valence-corrected chi connectivity index (χ2v) is 8.15. The largest absolute Gasteiger partial charge is 0.455 e. The summed E-state index contributed by atoms with van der Waals surface area (Å²) in [5, 5.41) is 3.88. The lowest BCUT2D eigenvalue weighted by molar-refractivity contribution is -0.133. The third-order valence-corrected chi connectivity index (χ3v) is 5.98. The third kappa shape index (κ3) is 3.87. The van der Waals surface area contributed by atoms with Crippen molar-refractivity contribution in [2.24, 2.45) is 0 Å². The van der Waals surface area contributed by atoms with Crippen LogP contribution >= 0.6 is 11.6 Å². The molecule has 162 valence electrons. The minimum absolute atomic E-state index is 0.0468. The summed E-state index contributed by atoms with van der Waals surface area (Å²) < 4.78 is 6.07. The van der Waals surface area contributed by atoms with Crippen molar-refractivity contribution in [1.29, 1.82) is 0 Å². The molecule has 7 nitrogen and oxygen atoms in total. The van der Waals surface area contributed by atoms with E-state index in [1.54, 1.807) is 52.5 Å². The van der Waals surface area contributed by atoms with Crippen LogP contribution in [-0.4, -0.2) is 52.8 Å². The summed E-state index contributed by atoms with van der Waals surface area (Å²) in [5.74, 6) is 1.13. The summed E-state index contributed by atoms with van der Waals surface area (Å²) in [4.78, 5) is 33.8. The van der Waals surface area contributed by atoms with Crippen LogP contribution in [0.3, 0.4) is 0 Å². The third-order valence-electron chi connectivity index (χ3n) is 5.74. The number of nitrogens with zero attached hydrogens (tertiary/aromatic N) is 3. The molecular formula is C24H21ClN4O3. The molecule has 1 unspecified atom stereocenters. The number of hydrogen-bond donors (Lipinski definition) is 1. The number of amides is 2. The molecule has 1 atom stereocenters. The van der Waals surface area contributed by atoms with Gasteiger partial charge in [-0.2, -0.15) is 0 Å². The number of carbonyl (C=O) groups is 2. The maximum Gasteiger partial charge on any atom is 0.254 e. The van der Waals surface area contributed by atoms with Gasteiger partial charge in [-0.3, -0.25) is 14.6 Å². The van der Waals surface area contributed by atoms with Gasteiger partial charge in [-0.05, 0) is 36.4 Å². The first kappa shape index (κ1) is 20.3. The molecule has 2 aliphatic heterocycles. The Kier molecular flexibility index (Phi) is 5.41. The van der Waals surface area contributed by atoms with Gasteiger partial charge >= 0.3 is 0 Å². The quantitative estimate of drug-likeness (QED) is 0.642. The van der Waals surface area contributed by atoms with E-state index in [-0.39, 0.29) is 11.8 Å². The van der Waals surface area contributed by atoms with Crippen LogP contribution in [0.1, 0.15) is 22.0 Å². The first-order chi connectivity index (χ1) is 15.6. The van der Waals surface area contributed by atoms with E-state index in [1.165, 1.54) is 0 Å². The second-order valence-electron chi connectivity index (χ2n) is 7.71. The smallest absolute Gasteiger partial charge is 0.254 e. The average Bonchev–Trinajstić information content (AvgIpc) is 3.00. The molecule has 2 aromatic carbocycles. The first-order valence-corrected chi connectivity index (χ1v) is 10.8. The van der Waals surface area contributed by atoms with E-state index in [0.29, 0.717) is 54.0 Å². The van der Waals surface area contributed by atoms with Crippen LogP contribution < -0.4 is 10.1 Å². The van der Waals surface area contributed by atoms with Crippen molar-refractivity contribution in [2.45, 2.75) is 6.04 Å². The van der Waals surface area contributed by atoms with E-state index in [0.717, 1.165) is 5.56 Å². The lowest BCUT2D eigenvalue weighted by Crippen LogP contribution is -2.52. The van der Waals surface area contributed by atoms with E-state index in [4.69, 9.17) is 16.3 Å². The van der Waals surface area contributed by atoms with Gasteiger partial charge in [0.25, 0.3) is 5.91 Å². The highest BCUT2D eigenvalue weighted by Gasteiger charge is 2.33. The van der Waals surface area contributed by atoms with Crippen molar-refractivity contribution in [3.8, 4) is 11.5 Å². The van der Waals surface area contributed by atoms with Gasteiger partial charge in [-0.25, -0.2) is 0 Å². The number of halogens is 1. The van der Waals surface area contributed by atoms with Gasteiger partial charge in [0.1, 0.15) is 11.8 Å². The van der Waals surface area contributed by atoms with Gasteiger partial charge in [-0.1, -0.05) is 29.8 Å². The average molecular weight is 449 g/mol. The molecule has 5 rings (SSSR count). The number of aromatic nitrogens is 1. The Balaban J connectivity index is 1.35. The van der Waals surface area contributed by atoms with Crippen LogP contribution in [0, 0.1) is 0 Å². The van der Waals surface area contributed by atoms with Gasteiger partial charge in [0, 0.05) is 54.7 Å². The molecule has 0 bridgehead atoms. The van der Waals surface area contributed by atoms with Crippen molar-refractivity contribution in [3.05, 3.63) is 83.1 Å². The molecule has 1 saturated heterocycles. The monoisotopic (exact) mass is 448 g/mol. The molecule has 1 aromatic heterocycles. The fourth-order valence-corrected chi connectivity index (χ4v) is 4.22. The predicted molar refractivity (Wildman–Crippen MR) is 121 cm³/mol. The Bertz CT molecular complexity index is 1160. The van der Waals surface area contributed by atoms with Crippen LogP contribution in [0.2, 0.25) is 5.02 Å². The number of rotatable bonds is 2. The zero-order chi connectivity index (χ0) is 22.1. The van der Waals surface area contributed by atoms with E-state index < -0.39 is 6.04 Å². The molecule has 1 fully saturated rings. The molecule has 0 saturated carbocycles. The Morgan fingerprint density at radius 2 is 1.66 bits per heavy atom. The van der Waals surface area contributed by atoms with Crippen LogP contribution in [0.5, 0.6) is 11.5 Å². The lowest BCUT2D eigenvalue weighted by Gasteiger charge is -2.36. The molecule has 3 aromatic rings. The van der Waals surface area contributed by atoms with Crippen molar-refractivity contribution in [3.63, 3.8) is 0 Å². The number of benzene rings is 2.